The van der Waals surface area contributed by atoms with E-state index in [-0.39, 0.29) is 10.6 Å². The zero-order valence-corrected chi connectivity index (χ0v) is 13.6. The van der Waals surface area contributed by atoms with E-state index in [1.165, 1.54) is 6.07 Å². The standard InChI is InChI=1S/C17H15ClN2O4/c1-11-6-8-12(9-7-11)17(23)24-10-15(21)19-20-16(22)13-4-2-3-5-14(13)18/h2-9H,10H2,1H3,(H,19,21)(H,20,22). The molecule has 2 aromatic carbocycles. The van der Waals surface area contributed by atoms with Crippen molar-refractivity contribution in [2.45, 2.75) is 6.92 Å². The van der Waals surface area contributed by atoms with Crippen LogP contribution < -0.4 is 10.9 Å². The lowest BCUT2D eigenvalue weighted by Crippen LogP contribution is -2.43. The molecule has 0 spiro atoms. The van der Waals surface area contributed by atoms with Gasteiger partial charge in [0.2, 0.25) is 0 Å². The van der Waals surface area contributed by atoms with E-state index in [1.54, 1.807) is 42.5 Å². The van der Waals surface area contributed by atoms with Crippen LogP contribution in [-0.2, 0) is 9.53 Å². The van der Waals surface area contributed by atoms with Gasteiger partial charge in [0.25, 0.3) is 11.8 Å². The maximum absolute atomic E-state index is 11.8. The summed E-state index contributed by atoms with van der Waals surface area (Å²) in [7, 11) is 0. The van der Waals surface area contributed by atoms with Crippen molar-refractivity contribution >= 4 is 29.4 Å². The van der Waals surface area contributed by atoms with Crippen LogP contribution >= 0.6 is 11.6 Å². The summed E-state index contributed by atoms with van der Waals surface area (Å²) >= 11 is 5.87. The highest BCUT2D eigenvalue weighted by Crippen LogP contribution is 2.14. The van der Waals surface area contributed by atoms with E-state index < -0.39 is 24.4 Å². The van der Waals surface area contributed by atoms with Crippen LogP contribution in [0.15, 0.2) is 48.5 Å². The number of esters is 1. The Morgan fingerprint density at radius 1 is 1.00 bits per heavy atom. The number of rotatable bonds is 4. The Morgan fingerprint density at radius 3 is 2.33 bits per heavy atom. The van der Waals surface area contributed by atoms with Gasteiger partial charge in [-0.25, -0.2) is 4.79 Å². The molecule has 0 aliphatic carbocycles. The molecular formula is C17H15ClN2O4. The average Bonchev–Trinajstić information content (AvgIpc) is 2.58. The third-order valence-corrected chi connectivity index (χ3v) is 3.39. The topological polar surface area (TPSA) is 84.5 Å². The van der Waals surface area contributed by atoms with E-state index in [1.807, 2.05) is 6.92 Å². The molecule has 2 rings (SSSR count). The summed E-state index contributed by atoms with van der Waals surface area (Å²) in [6.07, 6.45) is 0. The van der Waals surface area contributed by atoms with Crippen molar-refractivity contribution in [1.29, 1.82) is 0 Å². The van der Waals surface area contributed by atoms with Crippen molar-refractivity contribution in [1.82, 2.24) is 10.9 Å². The van der Waals surface area contributed by atoms with E-state index in [0.29, 0.717) is 5.56 Å². The van der Waals surface area contributed by atoms with Crippen LogP contribution in [0.2, 0.25) is 5.02 Å². The van der Waals surface area contributed by atoms with Gasteiger partial charge in [0.15, 0.2) is 6.61 Å². The predicted molar refractivity (Wildman–Crippen MR) is 88.5 cm³/mol. The fourth-order valence-corrected chi connectivity index (χ4v) is 2.00. The van der Waals surface area contributed by atoms with Gasteiger partial charge in [-0.2, -0.15) is 0 Å². The maximum Gasteiger partial charge on any atom is 0.338 e. The van der Waals surface area contributed by atoms with Gasteiger partial charge in [-0.15, -0.1) is 0 Å². The molecule has 2 N–H and O–H groups in total. The Kier molecular flexibility index (Phi) is 5.92. The van der Waals surface area contributed by atoms with Gasteiger partial charge >= 0.3 is 5.97 Å². The largest absolute Gasteiger partial charge is 0.452 e. The highest BCUT2D eigenvalue weighted by Gasteiger charge is 2.12. The minimum atomic E-state index is -0.670. The number of hydrogen-bond acceptors (Lipinski definition) is 4. The van der Waals surface area contributed by atoms with Gasteiger partial charge < -0.3 is 4.74 Å². The Bertz CT molecular complexity index is 759. The van der Waals surface area contributed by atoms with Crippen LogP contribution in [0.3, 0.4) is 0 Å². The molecule has 0 atom stereocenters. The first-order chi connectivity index (χ1) is 11.5. The van der Waals surface area contributed by atoms with Gasteiger partial charge in [0, 0.05) is 0 Å². The number of nitrogens with one attached hydrogen (secondary N) is 2. The molecule has 0 fully saturated rings. The molecule has 0 bridgehead atoms. The average molecular weight is 347 g/mol. The van der Waals surface area contributed by atoms with Crippen molar-refractivity contribution in [2.75, 3.05) is 6.61 Å². The molecular weight excluding hydrogens is 332 g/mol. The van der Waals surface area contributed by atoms with Crippen molar-refractivity contribution in [3.05, 3.63) is 70.2 Å². The van der Waals surface area contributed by atoms with Crippen LogP contribution in [0, 0.1) is 6.92 Å². The SMILES string of the molecule is Cc1ccc(C(=O)OCC(=O)NNC(=O)c2ccccc2Cl)cc1. The molecule has 124 valence electrons. The maximum atomic E-state index is 11.8. The fraction of sp³-hybridized carbons (Fsp3) is 0.118. The molecule has 24 heavy (non-hydrogen) atoms. The summed E-state index contributed by atoms with van der Waals surface area (Å²) in [5.41, 5.74) is 5.91. The molecule has 6 nitrogen and oxygen atoms in total. The lowest BCUT2D eigenvalue weighted by molar-refractivity contribution is -0.125. The summed E-state index contributed by atoms with van der Waals surface area (Å²) in [5, 5.41) is 0.259. The van der Waals surface area contributed by atoms with Crippen molar-refractivity contribution < 1.29 is 19.1 Å². The number of hydrazine groups is 1. The normalized spacial score (nSPS) is 9.92. The van der Waals surface area contributed by atoms with Crippen molar-refractivity contribution in [3.63, 3.8) is 0 Å². The van der Waals surface area contributed by atoms with Crippen molar-refractivity contribution in [2.24, 2.45) is 0 Å². The number of aryl methyl sites for hydroxylation is 1. The van der Waals surface area contributed by atoms with Gasteiger partial charge in [-0.05, 0) is 31.2 Å². The number of ether oxygens (including phenoxy) is 1. The molecule has 0 saturated carbocycles. The minimum absolute atomic E-state index is 0.219. The summed E-state index contributed by atoms with van der Waals surface area (Å²) in [6.45, 7) is 1.37. The van der Waals surface area contributed by atoms with E-state index in [4.69, 9.17) is 16.3 Å². The van der Waals surface area contributed by atoms with Gasteiger partial charge in [0.05, 0.1) is 16.1 Å². The molecule has 2 amide bonds. The second-order valence-electron chi connectivity index (χ2n) is 4.92. The number of carbonyl (C=O) groups is 3. The van der Waals surface area contributed by atoms with E-state index in [2.05, 4.69) is 10.9 Å². The first-order valence-electron chi connectivity index (χ1n) is 7.05. The molecule has 7 heteroatoms. The molecule has 0 unspecified atom stereocenters. The van der Waals surface area contributed by atoms with Gasteiger partial charge in [0.1, 0.15) is 0 Å². The fourth-order valence-electron chi connectivity index (χ4n) is 1.78. The number of halogens is 1. The highest BCUT2D eigenvalue weighted by atomic mass is 35.5. The number of benzene rings is 2. The van der Waals surface area contributed by atoms with Crippen LogP contribution in [0.25, 0.3) is 0 Å². The van der Waals surface area contributed by atoms with Crippen LogP contribution in [0.4, 0.5) is 0 Å². The number of hydrogen-bond donors (Lipinski definition) is 2. The lowest BCUT2D eigenvalue weighted by atomic mass is 10.1. The smallest absolute Gasteiger partial charge is 0.338 e. The Balaban J connectivity index is 1.79. The summed E-state index contributed by atoms with van der Waals surface area (Å²) in [5.74, 6) is -1.86. The molecule has 0 aliphatic rings. The van der Waals surface area contributed by atoms with Gasteiger partial charge in [-0.3, -0.25) is 20.4 Å². The molecule has 2 aromatic rings. The Hall–Kier alpha value is -2.86. The third-order valence-electron chi connectivity index (χ3n) is 3.06. The molecule has 0 saturated heterocycles. The molecule has 0 radical (unpaired) electrons. The van der Waals surface area contributed by atoms with Gasteiger partial charge in [-0.1, -0.05) is 41.4 Å². The number of amides is 2. The van der Waals surface area contributed by atoms with Crippen LogP contribution in [-0.4, -0.2) is 24.4 Å². The molecule has 0 aliphatic heterocycles. The van der Waals surface area contributed by atoms with E-state index in [9.17, 15) is 14.4 Å². The minimum Gasteiger partial charge on any atom is -0.452 e. The third kappa shape index (κ3) is 4.82. The predicted octanol–water partition coefficient (Wildman–Crippen LogP) is 2.27. The lowest BCUT2D eigenvalue weighted by Gasteiger charge is -2.09. The van der Waals surface area contributed by atoms with E-state index in [0.717, 1.165) is 5.56 Å². The second kappa shape index (κ2) is 8.12. The zero-order valence-electron chi connectivity index (χ0n) is 12.8. The quantitative estimate of drug-likeness (QED) is 0.657. The monoisotopic (exact) mass is 346 g/mol. The first-order valence-corrected chi connectivity index (χ1v) is 7.42. The zero-order chi connectivity index (χ0) is 17.5. The highest BCUT2D eigenvalue weighted by molar-refractivity contribution is 6.33. The van der Waals surface area contributed by atoms with Crippen molar-refractivity contribution in [3.8, 4) is 0 Å². The summed E-state index contributed by atoms with van der Waals surface area (Å²) in [6, 6.07) is 13.1. The Morgan fingerprint density at radius 2 is 1.67 bits per heavy atom. The molecule has 0 heterocycles. The van der Waals surface area contributed by atoms with E-state index >= 15 is 0 Å². The Labute approximate surface area is 143 Å². The summed E-state index contributed by atoms with van der Waals surface area (Å²) in [4.78, 5) is 35.2. The van der Waals surface area contributed by atoms with Crippen LogP contribution in [0.1, 0.15) is 26.3 Å². The van der Waals surface area contributed by atoms with Crippen LogP contribution in [0.5, 0.6) is 0 Å². The second-order valence-corrected chi connectivity index (χ2v) is 5.33. The number of carbonyl (C=O) groups excluding carboxylic acids is 3. The molecule has 0 aromatic heterocycles. The summed E-state index contributed by atoms with van der Waals surface area (Å²) < 4.78 is 4.86. The first kappa shape index (κ1) is 17.5.